The predicted molar refractivity (Wildman–Crippen MR) is 60.3 cm³/mol. The first-order valence-corrected chi connectivity index (χ1v) is 5.96. The van der Waals surface area contributed by atoms with Crippen LogP contribution in [-0.2, 0) is 12.8 Å². The number of fused-ring (bicyclic) bond motifs is 1. The SMILES string of the molecule is CC(CN)C1CCc2nc(N)sc2C1. The van der Waals surface area contributed by atoms with E-state index in [9.17, 15) is 0 Å². The summed E-state index contributed by atoms with van der Waals surface area (Å²) in [6.45, 7) is 3.02. The van der Waals surface area contributed by atoms with E-state index in [0.29, 0.717) is 5.92 Å². The smallest absolute Gasteiger partial charge is 0.180 e. The maximum Gasteiger partial charge on any atom is 0.180 e. The summed E-state index contributed by atoms with van der Waals surface area (Å²) in [6.07, 6.45) is 3.43. The molecule has 4 heteroatoms. The number of anilines is 1. The Morgan fingerprint density at radius 2 is 2.43 bits per heavy atom. The van der Waals surface area contributed by atoms with Crippen LogP contribution in [0.3, 0.4) is 0 Å². The molecule has 0 saturated carbocycles. The van der Waals surface area contributed by atoms with Gasteiger partial charge in [-0.1, -0.05) is 6.92 Å². The Morgan fingerprint density at radius 3 is 3.14 bits per heavy atom. The number of hydrogen-bond donors (Lipinski definition) is 2. The zero-order chi connectivity index (χ0) is 10.1. The first-order chi connectivity index (χ1) is 6.70. The predicted octanol–water partition coefficient (Wildman–Crippen LogP) is 1.43. The van der Waals surface area contributed by atoms with E-state index < -0.39 is 0 Å². The number of nitrogens with two attached hydrogens (primary N) is 2. The van der Waals surface area contributed by atoms with Gasteiger partial charge in [-0.15, -0.1) is 11.3 Å². The highest BCUT2D eigenvalue weighted by atomic mass is 32.1. The van der Waals surface area contributed by atoms with E-state index >= 15 is 0 Å². The largest absolute Gasteiger partial charge is 0.375 e. The van der Waals surface area contributed by atoms with Gasteiger partial charge in [0.15, 0.2) is 5.13 Å². The number of aryl methyl sites for hydroxylation is 1. The fourth-order valence-electron chi connectivity index (χ4n) is 2.10. The van der Waals surface area contributed by atoms with Gasteiger partial charge >= 0.3 is 0 Å². The number of hydrogen-bond acceptors (Lipinski definition) is 4. The second kappa shape index (κ2) is 3.87. The van der Waals surface area contributed by atoms with E-state index in [-0.39, 0.29) is 0 Å². The average molecular weight is 211 g/mol. The Labute approximate surface area is 88.5 Å². The molecule has 1 aromatic heterocycles. The number of nitrogens with zero attached hydrogens (tertiary/aromatic N) is 1. The summed E-state index contributed by atoms with van der Waals surface area (Å²) in [7, 11) is 0. The molecule has 2 unspecified atom stereocenters. The van der Waals surface area contributed by atoms with Crippen LogP contribution >= 0.6 is 11.3 Å². The average Bonchev–Trinajstić information content (AvgIpc) is 2.55. The number of nitrogen functional groups attached to an aromatic ring is 1. The highest BCUT2D eigenvalue weighted by Gasteiger charge is 2.25. The van der Waals surface area contributed by atoms with Crippen LogP contribution in [0, 0.1) is 11.8 Å². The molecule has 0 bridgehead atoms. The van der Waals surface area contributed by atoms with Crippen molar-refractivity contribution in [2.24, 2.45) is 17.6 Å². The molecule has 1 aromatic rings. The second-order valence-electron chi connectivity index (χ2n) is 4.14. The maximum atomic E-state index is 5.70. The molecule has 2 rings (SSSR count). The summed E-state index contributed by atoms with van der Waals surface area (Å²) >= 11 is 1.65. The summed E-state index contributed by atoms with van der Waals surface area (Å²) in [6, 6.07) is 0. The van der Waals surface area contributed by atoms with Crippen molar-refractivity contribution in [3.8, 4) is 0 Å². The zero-order valence-corrected chi connectivity index (χ0v) is 9.31. The maximum absolute atomic E-state index is 5.70. The second-order valence-corrected chi connectivity index (χ2v) is 5.25. The highest BCUT2D eigenvalue weighted by molar-refractivity contribution is 7.15. The first kappa shape index (κ1) is 9.93. The Kier molecular flexibility index (Phi) is 2.74. The minimum absolute atomic E-state index is 0.617. The van der Waals surface area contributed by atoms with E-state index in [4.69, 9.17) is 11.5 Å². The number of aromatic nitrogens is 1. The zero-order valence-electron chi connectivity index (χ0n) is 8.49. The minimum atomic E-state index is 0.617. The van der Waals surface area contributed by atoms with Crippen molar-refractivity contribution < 1.29 is 0 Å². The van der Waals surface area contributed by atoms with E-state index in [0.717, 1.165) is 30.4 Å². The lowest BCUT2D eigenvalue weighted by atomic mass is 9.82. The van der Waals surface area contributed by atoms with Crippen molar-refractivity contribution in [2.75, 3.05) is 12.3 Å². The van der Waals surface area contributed by atoms with Gasteiger partial charge in [-0.3, -0.25) is 0 Å². The molecule has 3 nitrogen and oxygen atoms in total. The van der Waals surface area contributed by atoms with Gasteiger partial charge in [0.2, 0.25) is 0 Å². The van der Waals surface area contributed by atoms with Gasteiger partial charge in [0.1, 0.15) is 0 Å². The fourth-order valence-corrected chi connectivity index (χ4v) is 3.07. The summed E-state index contributed by atoms with van der Waals surface area (Å²) < 4.78 is 0. The molecule has 1 aliphatic carbocycles. The lowest BCUT2D eigenvalue weighted by Crippen LogP contribution is -2.25. The van der Waals surface area contributed by atoms with Crippen molar-refractivity contribution in [2.45, 2.75) is 26.2 Å². The molecule has 1 heterocycles. The van der Waals surface area contributed by atoms with E-state index in [1.165, 1.54) is 17.0 Å². The van der Waals surface area contributed by atoms with Crippen LogP contribution in [0.15, 0.2) is 0 Å². The lowest BCUT2D eigenvalue weighted by Gasteiger charge is -2.25. The van der Waals surface area contributed by atoms with E-state index in [1.807, 2.05) is 0 Å². The van der Waals surface area contributed by atoms with Crippen molar-refractivity contribution in [1.82, 2.24) is 4.98 Å². The highest BCUT2D eigenvalue weighted by Crippen LogP contribution is 2.33. The minimum Gasteiger partial charge on any atom is -0.375 e. The van der Waals surface area contributed by atoms with Gasteiger partial charge in [-0.25, -0.2) is 4.98 Å². The Balaban J connectivity index is 2.12. The molecule has 0 aromatic carbocycles. The molecular formula is C10H17N3S. The van der Waals surface area contributed by atoms with Crippen molar-refractivity contribution in [3.05, 3.63) is 10.6 Å². The van der Waals surface area contributed by atoms with Crippen molar-refractivity contribution >= 4 is 16.5 Å². The van der Waals surface area contributed by atoms with Crippen LogP contribution in [0.5, 0.6) is 0 Å². The summed E-state index contributed by atoms with van der Waals surface area (Å²) in [5, 5.41) is 0.719. The molecule has 1 aliphatic rings. The summed E-state index contributed by atoms with van der Waals surface area (Å²) in [5.41, 5.74) is 12.6. The van der Waals surface area contributed by atoms with E-state index in [1.54, 1.807) is 11.3 Å². The standard InChI is InChI=1S/C10H17N3S/c1-6(5-11)7-2-3-8-9(4-7)14-10(12)13-8/h6-7H,2-5,11H2,1H3,(H2,12,13). The van der Waals surface area contributed by atoms with Crippen LogP contribution in [0.4, 0.5) is 5.13 Å². The van der Waals surface area contributed by atoms with Crippen LogP contribution in [0.2, 0.25) is 0 Å². The van der Waals surface area contributed by atoms with Crippen molar-refractivity contribution in [3.63, 3.8) is 0 Å². The molecule has 0 saturated heterocycles. The molecule has 0 fully saturated rings. The number of rotatable bonds is 2. The first-order valence-electron chi connectivity index (χ1n) is 5.14. The molecule has 0 amide bonds. The molecule has 0 radical (unpaired) electrons. The molecule has 0 spiro atoms. The van der Waals surface area contributed by atoms with Gasteiger partial charge in [0.25, 0.3) is 0 Å². The Hall–Kier alpha value is -0.610. The molecule has 78 valence electrons. The van der Waals surface area contributed by atoms with Crippen LogP contribution < -0.4 is 11.5 Å². The molecule has 0 aliphatic heterocycles. The Morgan fingerprint density at radius 1 is 1.64 bits per heavy atom. The normalized spacial score (nSPS) is 23.1. The lowest BCUT2D eigenvalue weighted by molar-refractivity contribution is 0.328. The van der Waals surface area contributed by atoms with Crippen LogP contribution in [0.1, 0.15) is 23.9 Å². The van der Waals surface area contributed by atoms with Gasteiger partial charge in [-0.2, -0.15) is 0 Å². The van der Waals surface area contributed by atoms with Crippen molar-refractivity contribution in [1.29, 1.82) is 0 Å². The molecule has 2 atom stereocenters. The van der Waals surface area contributed by atoms with Crippen LogP contribution in [-0.4, -0.2) is 11.5 Å². The van der Waals surface area contributed by atoms with Gasteiger partial charge in [0, 0.05) is 4.88 Å². The van der Waals surface area contributed by atoms with Crippen LogP contribution in [0.25, 0.3) is 0 Å². The van der Waals surface area contributed by atoms with Gasteiger partial charge in [-0.05, 0) is 37.6 Å². The molecule has 14 heavy (non-hydrogen) atoms. The molecular weight excluding hydrogens is 194 g/mol. The fraction of sp³-hybridized carbons (Fsp3) is 0.700. The third kappa shape index (κ3) is 1.77. The third-order valence-corrected chi connectivity index (χ3v) is 4.12. The van der Waals surface area contributed by atoms with Gasteiger partial charge in [0.05, 0.1) is 5.69 Å². The monoisotopic (exact) mass is 211 g/mol. The quantitative estimate of drug-likeness (QED) is 0.777. The topological polar surface area (TPSA) is 64.9 Å². The summed E-state index contributed by atoms with van der Waals surface area (Å²) in [4.78, 5) is 5.72. The summed E-state index contributed by atoms with van der Waals surface area (Å²) in [5.74, 6) is 1.35. The molecule has 4 N–H and O–H groups in total. The van der Waals surface area contributed by atoms with Gasteiger partial charge < -0.3 is 11.5 Å². The van der Waals surface area contributed by atoms with E-state index in [2.05, 4.69) is 11.9 Å². The Bertz CT molecular complexity index is 321. The third-order valence-electron chi connectivity index (χ3n) is 3.17. The number of thiazole rings is 1.